The average molecular weight is 294 g/mol. The molecule has 0 saturated carbocycles. The molecule has 1 aromatic carbocycles. The van der Waals surface area contributed by atoms with Crippen LogP contribution in [0.1, 0.15) is 25.8 Å². The van der Waals surface area contributed by atoms with E-state index in [1.54, 1.807) is 6.07 Å². The Balaban J connectivity index is 2.61. The topological polar surface area (TPSA) is 0 Å². The van der Waals surface area contributed by atoms with Gasteiger partial charge in [-0.25, -0.2) is 4.39 Å². The SMILES string of the molecule is CC(C)C(Br)CCc1cc(F)ccc1Cl. The Bertz CT molecular complexity index is 325. The molecule has 3 heteroatoms. The van der Waals surface area contributed by atoms with Gasteiger partial charge in [0.25, 0.3) is 0 Å². The highest BCUT2D eigenvalue weighted by atomic mass is 79.9. The maximum Gasteiger partial charge on any atom is 0.123 e. The number of hydrogen-bond donors (Lipinski definition) is 0. The van der Waals surface area contributed by atoms with Crippen LogP contribution in [0.4, 0.5) is 4.39 Å². The number of alkyl halides is 1. The van der Waals surface area contributed by atoms with Crippen LogP contribution in [0.3, 0.4) is 0 Å². The van der Waals surface area contributed by atoms with Crippen molar-refractivity contribution in [3.63, 3.8) is 0 Å². The summed E-state index contributed by atoms with van der Waals surface area (Å²) in [5.41, 5.74) is 0.891. The molecule has 15 heavy (non-hydrogen) atoms. The molecule has 0 heterocycles. The first-order chi connectivity index (χ1) is 7.00. The molecule has 1 aromatic rings. The lowest BCUT2D eigenvalue weighted by Gasteiger charge is -2.13. The molecular formula is C12H15BrClF. The molecule has 0 aromatic heterocycles. The molecule has 1 unspecified atom stereocenters. The molecule has 0 bridgehead atoms. The second-order valence-electron chi connectivity index (χ2n) is 4.03. The van der Waals surface area contributed by atoms with E-state index < -0.39 is 0 Å². The van der Waals surface area contributed by atoms with Gasteiger partial charge in [-0.2, -0.15) is 0 Å². The van der Waals surface area contributed by atoms with Crippen LogP contribution >= 0.6 is 27.5 Å². The largest absolute Gasteiger partial charge is 0.207 e. The van der Waals surface area contributed by atoms with Gasteiger partial charge in [0.2, 0.25) is 0 Å². The summed E-state index contributed by atoms with van der Waals surface area (Å²) in [5, 5.41) is 0.653. The maximum atomic E-state index is 13.0. The predicted octanol–water partition coefficient (Wildman–Crippen LogP) is 4.83. The molecule has 1 atom stereocenters. The Morgan fingerprint density at radius 3 is 2.67 bits per heavy atom. The number of benzene rings is 1. The fourth-order valence-electron chi connectivity index (χ4n) is 1.36. The first kappa shape index (κ1) is 13.0. The van der Waals surface area contributed by atoms with Crippen LogP contribution < -0.4 is 0 Å². The Hall–Kier alpha value is -0.0800. The summed E-state index contributed by atoms with van der Waals surface area (Å²) in [6.45, 7) is 4.32. The number of halogens is 3. The van der Waals surface area contributed by atoms with Crippen molar-refractivity contribution in [2.45, 2.75) is 31.5 Å². The van der Waals surface area contributed by atoms with Gasteiger partial charge in [-0.1, -0.05) is 41.4 Å². The van der Waals surface area contributed by atoms with Crippen LogP contribution in [0.25, 0.3) is 0 Å². The van der Waals surface area contributed by atoms with Crippen LogP contribution in [0.2, 0.25) is 5.02 Å². The minimum absolute atomic E-state index is 0.218. The zero-order chi connectivity index (χ0) is 11.4. The zero-order valence-corrected chi connectivity index (χ0v) is 11.3. The summed E-state index contributed by atoms with van der Waals surface area (Å²) in [6.07, 6.45) is 1.78. The van der Waals surface area contributed by atoms with Gasteiger partial charge in [0, 0.05) is 9.85 Å². The standard InChI is InChI=1S/C12H15BrClF/c1-8(2)11(13)5-3-9-7-10(15)4-6-12(9)14/h4,6-8,11H,3,5H2,1-2H3. The van der Waals surface area contributed by atoms with Crippen molar-refractivity contribution in [2.24, 2.45) is 5.92 Å². The first-order valence-corrected chi connectivity index (χ1v) is 6.38. The molecule has 0 saturated heterocycles. The summed E-state index contributed by atoms with van der Waals surface area (Å²) < 4.78 is 13.0. The van der Waals surface area contributed by atoms with Crippen LogP contribution in [0.5, 0.6) is 0 Å². The normalized spacial score (nSPS) is 13.2. The van der Waals surface area contributed by atoms with E-state index in [0.717, 1.165) is 18.4 Å². The summed E-state index contributed by atoms with van der Waals surface area (Å²) in [4.78, 5) is 0.455. The number of rotatable bonds is 4. The highest BCUT2D eigenvalue weighted by Gasteiger charge is 2.10. The third-order valence-electron chi connectivity index (χ3n) is 2.42. The molecule has 0 aliphatic carbocycles. The van der Waals surface area contributed by atoms with Gasteiger partial charge in [0.05, 0.1) is 0 Å². The van der Waals surface area contributed by atoms with Crippen LogP contribution in [-0.2, 0) is 6.42 Å². The lowest BCUT2D eigenvalue weighted by atomic mass is 10.0. The summed E-state index contributed by atoms with van der Waals surface area (Å²) in [7, 11) is 0. The number of aryl methyl sites for hydroxylation is 1. The smallest absolute Gasteiger partial charge is 0.123 e. The van der Waals surface area contributed by atoms with Crippen molar-refractivity contribution in [1.29, 1.82) is 0 Å². The monoisotopic (exact) mass is 292 g/mol. The van der Waals surface area contributed by atoms with Crippen LogP contribution in [-0.4, -0.2) is 4.83 Å². The highest BCUT2D eigenvalue weighted by Crippen LogP contribution is 2.23. The Labute approximate surface area is 104 Å². The Kier molecular flexibility index (Phi) is 5.07. The molecule has 0 aliphatic heterocycles. The molecule has 84 valence electrons. The van der Waals surface area contributed by atoms with E-state index in [1.165, 1.54) is 12.1 Å². The molecule has 0 radical (unpaired) electrons. The third kappa shape index (κ3) is 4.12. The van der Waals surface area contributed by atoms with Gasteiger partial charge < -0.3 is 0 Å². The maximum absolute atomic E-state index is 13.0. The van der Waals surface area contributed by atoms with Crippen molar-refractivity contribution in [3.8, 4) is 0 Å². The van der Waals surface area contributed by atoms with Crippen LogP contribution in [0, 0.1) is 11.7 Å². The van der Waals surface area contributed by atoms with Crippen molar-refractivity contribution in [1.82, 2.24) is 0 Å². The summed E-state index contributed by atoms with van der Waals surface area (Å²) in [6, 6.07) is 4.52. The molecule has 0 nitrogen and oxygen atoms in total. The molecule has 0 amide bonds. The van der Waals surface area contributed by atoms with E-state index in [0.29, 0.717) is 15.8 Å². The minimum atomic E-state index is -0.218. The van der Waals surface area contributed by atoms with E-state index in [-0.39, 0.29) is 5.82 Å². The van der Waals surface area contributed by atoms with E-state index in [2.05, 4.69) is 29.8 Å². The summed E-state index contributed by atoms with van der Waals surface area (Å²) >= 11 is 9.58. The van der Waals surface area contributed by atoms with E-state index in [1.807, 2.05) is 0 Å². The minimum Gasteiger partial charge on any atom is -0.207 e. The van der Waals surface area contributed by atoms with Crippen molar-refractivity contribution in [2.75, 3.05) is 0 Å². The van der Waals surface area contributed by atoms with Crippen molar-refractivity contribution >= 4 is 27.5 Å². The third-order valence-corrected chi connectivity index (χ3v) is 4.30. The molecule has 1 rings (SSSR count). The average Bonchev–Trinajstić information content (AvgIpc) is 2.18. The van der Waals surface area contributed by atoms with E-state index in [4.69, 9.17) is 11.6 Å². The predicted molar refractivity (Wildman–Crippen MR) is 67.3 cm³/mol. The Morgan fingerprint density at radius 1 is 1.40 bits per heavy atom. The zero-order valence-electron chi connectivity index (χ0n) is 8.93. The highest BCUT2D eigenvalue weighted by molar-refractivity contribution is 9.09. The van der Waals surface area contributed by atoms with Crippen LogP contribution in [0.15, 0.2) is 18.2 Å². The van der Waals surface area contributed by atoms with Gasteiger partial charge in [0.15, 0.2) is 0 Å². The van der Waals surface area contributed by atoms with Gasteiger partial charge in [-0.05, 0) is 42.5 Å². The van der Waals surface area contributed by atoms with Gasteiger partial charge in [0.1, 0.15) is 5.82 Å². The quantitative estimate of drug-likeness (QED) is 0.697. The van der Waals surface area contributed by atoms with E-state index >= 15 is 0 Å². The fourth-order valence-corrected chi connectivity index (χ4v) is 1.80. The fraction of sp³-hybridized carbons (Fsp3) is 0.500. The van der Waals surface area contributed by atoms with Crippen molar-refractivity contribution in [3.05, 3.63) is 34.6 Å². The lowest BCUT2D eigenvalue weighted by Crippen LogP contribution is -2.08. The molecular weight excluding hydrogens is 278 g/mol. The summed E-state index contributed by atoms with van der Waals surface area (Å²) in [5.74, 6) is 0.363. The molecule has 0 spiro atoms. The lowest BCUT2D eigenvalue weighted by molar-refractivity contribution is 0.579. The van der Waals surface area contributed by atoms with Gasteiger partial charge in [-0.3, -0.25) is 0 Å². The molecule has 0 aliphatic rings. The molecule has 0 N–H and O–H groups in total. The van der Waals surface area contributed by atoms with Crippen molar-refractivity contribution < 1.29 is 4.39 Å². The number of hydrogen-bond acceptors (Lipinski definition) is 0. The van der Waals surface area contributed by atoms with Gasteiger partial charge >= 0.3 is 0 Å². The first-order valence-electron chi connectivity index (χ1n) is 5.08. The van der Waals surface area contributed by atoms with E-state index in [9.17, 15) is 4.39 Å². The second-order valence-corrected chi connectivity index (χ2v) is 5.62. The molecule has 0 fully saturated rings. The second kappa shape index (κ2) is 5.86. The Morgan fingerprint density at radius 2 is 2.07 bits per heavy atom. The van der Waals surface area contributed by atoms with Gasteiger partial charge in [-0.15, -0.1) is 0 Å².